The predicted molar refractivity (Wildman–Crippen MR) is 74.1 cm³/mol. The number of hydrogen-bond acceptors (Lipinski definition) is 3. The first-order valence-corrected chi connectivity index (χ1v) is 6.11. The number of aromatic nitrogens is 1. The van der Waals surface area contributed by atoms with Crippen molar-refractivity contribution < 1.29 is 9.53 Å². The summed E-state index contributed by atoms with van der Waals surface area (Å²) in [6, 6.07) is 14.7. The summed E-state index contributed by atoms with van der Waals surface area (Å²) in [6.07, 6.45) is -0.579. The molecule has 19 heavy (non-hydrogen) atoms. The second-order valence-electron chi connectivity index (χ2n) is 4.23. The summed E-state index contributed by atoms with van der Waals surface area (Å²) in [4.78, 5) is 16.2. The van der Waals surface area contributed by atoms with E-state index in [1.165, 1.54) is 0 Å². The van der Waals surface area contributed by atoms with Gasteiger partial charge in [-0.25, -0.2) is 4.98 Å². The monoisotopic (exact) mass is 256 g/mol. The van der Waals surface area contributed by atoms with Crippen molar-refractivity contribution in [3.63, 3.8) is 0 Å². The minimum absolute atomic E-state index is 0.220. The SMILES string of the molecule is Cc1cccc(NC(=O)C(C)Oc2ccccc2)n1. The number of carbonyl (C=O) groups excluding carboxylic acids is 1. The molecule has 1 atom stereocenters. The molecule has 0 aliphatic carbocycles. The lowest BCUT2D eigenvalue weighted by Gasteiger charge is -2.14. The highest BCUT2D eigenvalue weighted by Gasteiger charge is 2.15. The van der Waals surface area contributed by atoms with Gasteiger partial charge in [-0.15, -0.1) is 0 Å². The molecule has 4 nitrogen and oxygen atoms in total. The van der Waals surface area contributed by atoms with E-state index in [4.69, 9.17) is 4.74 Å². The Kier molecular flexibility index (Phi) is 4.13. The first-order valence-electron chi connectivity index (χ1n) is 6.11. The summed E-state index contributed by atoms with van der Waals surface area (Å²) in [6.45, 7) is 3.58. The smallest absolute Gasteiger partial charge is 0.266 e. The fourth-order valence-electron chi connectivity index (χ4n) is 1.60. The van der Waals surface area contributed by atoms with Crippen LogP contribution in [0.4, 0.5) is 5.82 Å². The average molecular weight is 256 g/mol. The van der Waals surface area contributed by atoms with Gasteiger partial charge in [0.15, 0.2) is 6.10 Å². The van der Waals surface area contributed by atoms with E-state index in [2.05, 4.69) is 10.3 Å². The summed E-state index contributed by atoms with van der Waals surface area (Å²) >= 11 is 0. The minimum atomic E-state index is -0.579. The quantitative estimate of drug-likeness (QED) is 0.915. The highest BCUT2D eigenvalue weighted by atomic mass is 16.5. The van der Waals surface area contributed by atoms with E-state index in [-0.39, 0.29) is 5.91 Å². The molecule has 0 aliphatic rings. The molecule has 1 N–H and O–H groups in total. The highest BCUT2D eigenvalue weighted by Crippen LogP contribution is 2.12. The van der Waals surface area contributed by atoms with Crippen molar-refractivity contribution in [1.29, 1.82) is 0 Å². The van der Waals surface area contributed by atoms with Crippen LogP contribution < -0.4 is 10.1 Å². The molecule has 1 aromatic carbocycles. The van der Waals surface area contributed by atoms with Crippen LogP contribution in [-0.4, -0.2) is 17.0 Å². The lowest BCUT2D eigenvalue weighted by molar-refractivity contribution is -0.122. The van der Waals surface area contributed by atoms with E-state index in [0.29, 0.717) is 11.6 Å². The first-order chi connectivity index (χ1) is 9.15. The third kappa shape index (κ3) is 3.81. The van der Waals surface area contributed by atoms with E-state index in [1.807, 2.05) is 49.4 Å². The molecule has 1 heterocycles. The number of para-hydroxylation sites is 1. The predicted octanol–water partition coefficient (Wildman–Crippen LogP) is 2.80. The molecule has 4 heteroatoms. The summed E-state index contributed by atoms with van der Waals surface area (Å²) < 4.78 is 5.54. The molecule has 98 valence electrons. The van der Waals surface area contributed by atoms with Crippen LogP contribution in [0.25, 0.3) is 0 Å². The Bertz CT molecular complexity index is 555. The van der Waals surface area contributed by atoms with Gasteiger partial charge in [0.25, 0.3) is 5.91 Å². The van der Waals surface area contributed by atoms with Crippen molar-refractivity contribution in [2.45, 2.75) is 20.0 Å². The van der Waals surface area contributed by atoms with Crippen LogP contribution in [0.1, 0.15) is 12.6 Å². The van der Waals surface area contributed by atoms with Gasteiger partial charge in [0.05, 0.1) is 0 Å². The van der Waals surface area contributed by atoms with Gasteiger partial charge < -0.3 is 10.1 Å². The van der Waals surface area contributed by atoms with Crippen molar-refractivity contribution in [3.05, 3.63) is 54.2 Å². The van der Waals surface area contributed by atoms with Gasteiger partial charge >= 0.3 is 0 Å². The molecule has 0 spiro atoms. The molecule has 2 aromatic rings. The zero-order valence-corrected chi connectivity index (χ0v) is 11.0. The molecule has 1 unspecified atom stereocenters. The van der Waals surface area contributed by atoms with Gasteiger partial charge in [-0.3, -0.25) is 4.79 Å². The van der Waals surface area contributed by atoms with Crippen LogP contribution in [0, 0.1) is 6.92 Å². The second kappa shape index (κ2) is 6.00. The lowest BCUT2D eigenvalue weighted by atomic mass is 10.3. The topological polar surface area (TPSA) is 51.2 Å². The van der Waals surface area contributed by atoms with Crippen LogP contribution in [0.3, 0.4) is 0 Å². The van der Waals surface area contributed by atoms with Gasteiger partial charge in [0.2, 0.25) is 0 Å². The Hall–Kier alpha value is -2.36. The number of aryl methyl sites for hydroxylation is 1. The van der Waals surface area contributed by atoms with E-state index in [0.717, 1.165) is 5.69 Å². The minimum Gasteiger partial charge on any atom is -0.481 e. The van der Waals surface area contributed by atoms with E-state index in [1.54, 1.807) is 13.0 Å². The first kappa shape index (κ1) is 13.1. The largest absolute Gasteiger partial charge is 0.481 e. The van der Waals surface area contributed by atoms with Gasteiger partial charge in [-0.2, -0.15) is 0 Å². The van der Waals surface area contributed by atoms with Gasteiger partial charge in [0.1, 0.15) is 11.6 Å². The number of carbonyl (C=O) groups is 1. The molecule has 1 aromatic heterocycles. The standard InChI is InChI=1S/C15H16N2O2/c1-11-7-6-10-14(16-11)17-15(18)12(2)19-13-8-4-3-5-9-13/h3-10,12H,1-2H3,(H,16,17,18). The Balaban J connectivity index is 1.96. The van der Waals surface area contributed by atoms with Crippen LogP contribution in [-0.2, 0) is 4.79 Å². The number of rotatable bonds is 4. The molecule has 0 radical (unpaired) electrons. The van der Waals surface area contributed by atoms with Gasteiger partial charge in [-0.05, 0) is 38.1 Å². The number of benzene rings is 1. The molecule has 0 saturated carbocycles. The van der Waals surface area contributed by atoms with Crippen LogP contribution >= 0.6 is 0 Å². The Morgan fingerprint density at radius 2 is 1.89 bits per heavy atom. The maximum Gasteiger partial charge on any atom is 0.266 e. The van der Waals surface area contributed by atoms with E-state index >= 15 is 0 Å². The third-order valence-corrected chi connectivity index (χ3v) is 2.56. The molecule has 1 amide bonds. The fourth-order valence-corrected chi connectivity index (χ4v) is 1.60. The van der Waals surface area contributed by atoms with Crippen molar-refractivity contribution in [3.8, 4) is 5.75 Å². The number of nitrogens with one attached hydrogen (secondary N) is 1. The number of ether oxygens (including phenoxy) is 1. The molecular formula is C15H16N2O2. The van der Waals surface area contributed by atoms with Crippen molar-refractivity contribution in [2.75, 3.05) is 5.32 Å². The van der Waals surface area contributed by atoms with Crippen molar-refractivity contribution in [2.24, 2.45) is 0 Å². The van der Waals surface area contributed by atoms with Crippen molar-refractivity contribution in [1.82, 2.24) is 4.98 Å². The highest BCUT2D eigenvalue weighted by molar-refractivity contribution is 5.93. The molecule has 0 bridgehead atoms. The summed E-state index contributed by atoms with van der Waals surface area (Å²) in [5.74, 6) is 0.984. The summed E-state index contributed by atoms with van der Waals surface area (Å²) in [5, 5.41) is 2.73. The van der Waals surface area contributed by atoms with Crippen LogP contribution in [0.5, 0.6) is 5.75 Å². The van der Waals surface area contributed by atoms with Gasteiger partial charge in [0, 0.05) is 5.69 Å². The summed E-state index contributed by atoms with van der Waals surface area (Å²) in [7, 11) is 0. The summed E-state index contributed by atoms with van der Waals surface area (Å²) in [5.41, 5.74) is 0.856. The Morgan fingerprint density at radius 3 is 2.58 bits per heavy atom. The fraction of sp³-hybridized carbons (Fsp3) is 0.200. The molecular weight excluding hydrogens is 240 g/mol. The number of nitrogens with zero attached hydrogens (tertiary/aromatic N) is 1. The van der Waals surface area contributed by atoms with Crippen molar-refractivity contribution >= 4 is 11.7 Å². The Labute approximate surface area is 112 Å². The zero-order valence-electron chi connectivity index (χ0n) is 11.0. The zero-order chi connectivity index (χ0) is 13.7. The molecule has 2 rings (SSSR count). The second-order valence-corrected chi connectivity index (χ2v) is 4.23. The molecule has 0 aliphatic heterocycles. The Morgan fingerprint density at radius 1 is 1.16 bits per heavy atom. The van der Waals surface area contributed by atoms with Crippen LogP contribution in [0.2, 0.25) is 0 Å². The van der Waals surface area contributed by atoms with E-state index < -0.39 is 6.10 Å². The van der Waals surface area contributed by atoms with Crippen LogP contribution in [0.15, 0.2) is 48.5 Å². The number of amides is 1. The number of anilines is 1. The average Bonchev–Trinajstić information content (AvgIpc) is 2.40. The normalized spacial score (nSPS) is 11.7. The number of pyridine rings is 1. The lowest BCUT2D eigenvalue weighted by Crippen LogP contribution is -2.30. The molecule has 0 saturated heterocycles. The third-order valence-electron chi connectivity index (χ3n) is 2.56. The van der Waals surface area contributed by atoms with Gasteiger partial charge in [-0.1, -0.05) is 24.3 Å². The molecule has 0 fully saturated rings. The van der Waals surface area contributed by atoms with E-state index in [9.17, 15) is 4.79 Å². The number of hydrogen-bond donors (Lipinski definition) is 1. The maximum absolute atomic E-state index is 12.0. The maximum atomic E-state index is 12.0.